The van der Waals surface area contributed by atoms with Gasteiger partial charge in [0.05, 0.1) is 0 Å². The summed E-state index contributed by atoms with van der Waals surface area (Å²) in [6, 6.07) is 0. The van der Waals surface area contributed by atoms with Gasteiger partial charge in [0.2, 0.25) is 5.91 Å². The molecule has 1 amide bonds. The van der Waals surface area contributed by atoms with Gasteiger partial charge in [-0.25, -0.2) is 0 Å². The van der Waals surface area contributed by atoms with Crippen LogP contribution in [0.15, 0.2) is 0 Å². The van der Waals surface area contributed by atoms with Crippen molar-refractivity contribution >= 4 is 5.91 Å². The van der Waals surface area contributed by atoms with Gasteiger partial charge in [-0.15, -0.1) is 0 Å². The number of carbonyl (C=O) groups excluding carboxylic acids is 1. The lowest BCUT2D eigenvalue weighted by molar-refractivity contribution is -0.130. The lowest BCUT2D eigenvalue weighted by Crippen LogP contribution is -2.32. The fourth-order valence-electron chi connectivity index (χ4n) is 1.76. The van der Waals surface area contributed by atoms with Crippen molar-refractivity contribution in [2.75, 3.05) is 26.7 Å². The van der Waals surface area contributed by atoms with Gasteiger partial charge in [0.25, 0.3) is 0 Å². The molecule has 1 saturated heterocycles. The number of nitrogens with one attached hydrogen (secondary N) is 1. The van der Waals surface area contributed by atoms with Gasteiger partial charge in [-0.1, -0.05) is 6.92 Å². The van der Waals surface area contributed by atoms with Crippen molar-refractivity contribution in [1.29, 1.82) is 0 Å². The van der Waals surface area contributed by atoms with Crippen LogP contribution in [0.4, 0.5) is 0 Å². The Morgan fingerprint density at radius 1 is 1.62 bits per heavy atom. The Labute approximate surface area is 80.5 Å². The highest BCUT2D eigenvalue weighted by Crippen LogP contribution is 2.09. The summed E-state index contributed by atoms with van der Waals surface area (Å²) in [7, 11) is 1.91. The molecule has 1 fully saturated rings. The maximum atomic E-state index is 11.4. The highest BCUT2D eigenvalue weighted by Gasteiger charge is 2.18. The van der Waals surface area contributed by atoms with E-state index >= 15 is 0 Å². The van der Waals surface area contributed by atoms with E-state index in [1.807, 2.05) is 18.9 Å². The number of rotatable bonds is 4. The molecular weight excluding hydrogens is 164 g/mol. The van der Waals surface area contributed by atoms with Gasteiger partial charge in [-0.2, -0.15) is 0 Å². The smallest absolute Gasteiger partial charge is 0.222 e. The number of amides is 1. The van der Waals surface area contributed by atoms with Gasteiger partial charge in [0, 0.05) is 20.0 Å². The van der Waals surface area contributed by atoms with Crippen molar-refractivity contribution in [2.24, 2.45) is 5.92 Å². The van der Waals surface area contributed by atoms with E-state index in [0.29, 0.717) is 12.3 Å². The zero-order chi connectivity index (χ0) is 9.68. The van der Waals surface area contributed by atoms with E-state index in [9.17, 15) is 4.79 Å². The number of carbonyl (C=O) groups is 1. The van der Waals surface area contributed by atoms with Crippen molar-refractivity contribution < 1.29 is 4.79 Å². The minimum atomic E-state index is 0.286. The molecule has 1 aliphatic rings. The van der Waals surface area contributed by atoms with E-state index in [2.05, 4.69) is 5.32 Å². The topological polar surface area (TPSA) is 32.3 Å². The molecule has 0 aromatic rings. The number of hydrogen-bond acceptors (Lipinski definition) is 2. The zero-order valence-electron chi connectivity index (χ0n) is 8.68. The molecule has 0 saturated carbocycles. The van der Waals surface area contributed by atoms with Crippen LogP contribution in [0.3, 0.4) is 0 Å². The Hall–Kier alpha value is -0.570. The Morgan fingerprint density at radius 2 is 2.38 bits per heavy atom. The predicted molar refractivity (Wildman–Crippen MR) is 53.5 cm³/mol. The molecule has 13 heavy (non-hydrogen) atoms. The summed E-state index contributed by atoms with van der Waals surface area (Å²) < 4.78 is 0. The summed E-state index contributed by atoms with van der Waals surface area (Å²) in [5.41, 5.74) is 0. The van der Waals surface area contributed by atoms with Gasteiger partial charge < -0.3 is 10.2 Å². The second-order valence-electron chi connectivity index (χ2n) is 3.88. The summed E-state index contributed by atoms with van der Waals surface area (Å²) in [6.07, 6.45) is 2.85. The lowest BCUT2D eigenvalue weighted by Gasteiger charge is -2.20. The van der Waals surface area contributed by atoms with Gasteiger partial charge in [0.15, 0.2) is 0 Å². The summed E-state index contributed by atoms with van der Waals surface area (Å²) >= 11 is 0. The van der Waals surface area contributed by atoms with Crippen LogP contribution in [-0.2, 0) is 4.79 Å². The third-order valence-corrected chi connectivity index (χ3v) is 2.58. The molecule has 1 rings (SSSR count). The van der Waals surface area contributed by atoms with Crippen molar-refractivity contribution in [2.45, 2.75) is 26.2 Å². The van der Waals surface area contributed by atoms with Crippen molar-refractivity contribution in [1.82, 2.24) is 10.2 Å². The van der Waals surface area contributed by atoms with E-state index in [1.54, 1.807) is 0 Å². The van der Waals surface area contributed by atoms with Crippen LogP contribution in [0.5, 0.6) is 0 Å². The first-order valence-corrected chi connectivity index (χ1v) is 5.18. The molecule has 0 aromatic carbocycles. The minimum absolute atomic E-state index is 0.286. The first kappa shape index (κ1) is 10.5. The summed E-state index contributed by atoms with van der Waals surface area (Å²) in [5.74, 6) is 0.959. The standard InChI is InChI=1S/C10H20N2O/c1-3-4-10(13)12(2)8-9-5-6-11-7-9/h9,11H,3-8H2,1-2H3. The highest BCUT2D eigenvalue weighted by molar-refractivity contribution is 5.75. The molecule has 76 valence electrons. The molecule has 1 unspecified atom stereocenters. The quantitative estimate of drug-likeness (QED) is 0.702. The zero-order valence-corrected chi connectivity index (χ0v) is 8.68. The molecule has 0 spiro atoms. The Morgan fingerprint density at radius 3 is 2.92 bits per heavy atom. The summed E-state index contributed by atoms with van der Waals surface area (Å²) in [6.45, 7) is 5.15. The Balaban J connectivity index is 2.22. The average molecular weight is 184 g/mol. The predicted octanol–water partition coefficient (Wildman–Crippen LogP) is 0.854. The number of hydrogen-bond donors (Lipinski definition) is 1. The molecular formula is C10H20N2O. The molecule has 0 radical (unpaired) electrons. The first-order valence-electron chi connectivity index (χ1n) is 5.18. The molecule has 0 aliphatic carbocycles. The monoisotopic (exact) mass is 184 g/mol. The fourth-order valence-corrected chi connectivity index (χ4v) is 1.76. The third-order valence-electron chi connectivity index (χ3n) is 2.58. The van der Waals surface area contributed by atoms with Crippen LogP contribution in [0.25, 0.3) is 0 Å². The molecule has 1 aliphatic heterocycles. The largest absolute Gasteiger partial charge is 0.345 e. The molecule has 1 N–H and O–H groups in total. The van der Waals surface area contributed by atoms with Gasteiger partial charge >= 0.3 is 0 Å². The van der Waals surface area contributed by atoms with E-state index in [4.69, 9.17) is 0 Å². The van der Waals surface area contributed by atoms with Crippen LogP contribution < -0.4 is 5.32 Å². The SMILES string of the molecule is CCCC(=O)N(C)CC1CCNC1. The van der Waals surface area contributed by atoms with Crippen LogP contribution >= 0.6 is 0 Å². The number of nitrogens with zero attached hydrogens (tertiary/aromatic N) is 1. The van der Waals surface area contributed by atoms with Crippen LogP contribution in [0, 0.1) is 5.92 Å². The van der Waals surface area contributed by atoms with E-state index < -0.39 is 0 Å². The van der Waals surface area contributed by atoms with Crippen LogP contribution in [0.1, 0.15) is 26.2 Å². The molecule has 1 atom stereocenters. The summed E-state index contributed by atoms with van der Waals surface area (Å²) in [5, 5.41) is 3.31. The Kier molecular flexibility index (Phi) is 4.22. The van der Waals surface area contributed by atoms with E-state index in [-0.39, 0.29) is 5.91 Å². The first-order chi connectivity index (χ1) is 6.24. The molecule has 3 nitrogen and oxygen atoms in total. The third kappa shape index (κ3) is 3.35. The highest BCUT2D eigenvalue weighted by atomic mass is 16.2. The van der Waals surface area contributed by atoms with Crippen molar-refractivity contribution in [3.8, 4) is 0 Å². The van der Waals surface area contributed by atoms with E-state index in [0.717, 1.165) is 26.1 Å². The van der Waals surface area contributed by atoms with Gasteiger partial charge in [-0.3, -0.25) is 4.79 Å². The Bertz CT molecular complexity index is 164. The van der Waals surface area contributed by atoms with Crippen LogP contribution in [0.2, 0.25) is 0 Å². The van der Waals surface area contributed by atoms with Gasteiger partial charge in [-0.05, 0) is 31.8 Å². The van der Waals surface area contributed by atoms with E-state index in [1.165, 1.54) is 6.42 Å². The van der Waals surface area contributed by atoms with Crippen LogP contribution in [-0.4, -0.2) is 37.5 Å². The van der Waals surface area contributed by atoms with Crippen molar-refractivity contribution in [3.63, 3.8) is 0 Å². The van der Waals surface area contributed by atoms with Crippen molar-refractivity contribution in [3.05, 3.63) is 0 Å². The second-order valence-corrected chi connectivity index (χ2v) is 3.88. The second kappa shape index (κ2) is 5.22. The summed E-state index contributed by atoms with van der Waals surface area (Å²) in [4.78, 5) is 13.3. The average Bonchev–Trinajstić information content (AvgIpc) is 2.57. The molecule has 0 aromatic heterocycles. The maximum absolute atomic E-state index is 11.4. The molecule has 3 heteroatoms. The normalized spacial score (nSPS) is 21.8. The minimum Gasteiger partial charge on any atom is -0.345 e. The van der Waals surface area contributed by atoms with Gasteiger partial charge in [0.1, 0.15) is 0 Å². The fraction of sp³-hybridized carbons (Fsp3) is 0.900. The lowest BCUT2D eigenvalue weighted by atomic mass is 10.1. The molecule has 1 heterocycles. The molecule has 0 bridgehead atoms. The maximum Gasteiger partial charge on any atom is 0.222 e.